The molecule has 0 heterocycles. The van der Waals surface area contributed by atoms with Crippen molar-refractivity contribution in [1.29, 1.82) is 0 Å². The summed E-state index contributed by atoms with van der Waals surface area (Å²) in [6.45, 7) is 4.13. The van der Waals surface area contributed by atoms with Crippen molar-refractivity contribution in [3.63, 3.8) is 0 Å². The molecule has 96 valence electrons. The van der Waals surface area contributed by atoms with Crippen molar-refractivity contribution in [3.8, 4) is 0 Å². The standard InChI is InChI=1S/C15H26N2/c1-3-4-8-11-17(2)15(13-16)12-14-9-6-5-7-10-14/h5-7,9-10,15H,3-4,8,11-13,16H2,1-2H3. The van der Waals surface area contributed by atoms with E-state index in [0.29, 0.717) is 6.04 Å². The third kappa shape index (κ3) is 5.33. The molecule has 1 aromatic carbocycles. The number of nitrogens with zero attached hydrogens (tertiary/aromatic N) is 1. The summed E-state index contributed by atoms with van der Waals surface area (Å²) < 4.78 is 0. The highest BCUT2D eigenvalue weighted by Crippen LogP contribution is 2.08. The van der Waals surface area contributed by atoms with Gasteiger partial charge in [-0.1, -0.05) is 50.1 Å². The van der Waals surface area contributed by atoms with Gasteiger partial charge < -0.3 is 10.6 Å². The average Bonchev–Trinajstić information content (AvgIpc) is 2.37. The van der Waals surface area contributed by atoms with Gasteiger partial charge in [-0.25, -0.2) is 0 Å². The van der Waals surface area contributed by atoms with Gasteiger partial charge in [0.1, 0.15) is 0 Å². The minimum atomic E-state index is 0.467. The van der Waals surface area contributed by atoms with Crippen molar-refractivity contribution in [2.45, 2.75) is 38.6 Å². The first-order valence-corrected chi connectivity index (χ1v) is 6.72. The predicted molar refractivity (Wildman–Crippen MR) is 75.1 cm³/mol. The largest absolute Gasteiger partial charge is 0.329 e. The number of hydrogen-bond acceptors (Lipinski definition) is 2. The van der Waals surface area contributed by atoms with Crippen molar-refractivity contribution in [2.75, 3.05) is 20.1 Å². The molecule has 1 unspecified atom stereocenters. The highest BCUT2D eigenvalue weighted by Gasteiger charge is 2.12. The highest BCUT2D eigenvalue weighted by atomic mass is 15.1. The minimum absolute atomic E-state index is 0.467. The van der Waals surface area contributed by atoms with Crippen molar-refractivity contribution in [2.24, 2.45) is 5.73 Å². The summed E-state index contributed by atoms with van der Waals surface area (Å²) in [6, 6.07) is 11.1. The fourth-order valence-corrected chi connectivity index (χ4v) is 2.10. The van der Waals surface area contributed by atoms with Crippen molar-refractivity contribution in [3.05, 3.63) is 35.9 Å². The van der Waals surface area contributed by atoms with E-state index in [1.165, 1.54) is 24.8 Å². The monoisotopic (exact) mass is 234 g/mol. The topological polar surface area (TPSA) is 29.3 Å². The van der Waals surface area contributed by atoms with Gasteiger partial charge >= 0.3 is 0 Å². The summed E-state index contributed by atoms with van der Waals surface area (Å²) in [4.78, 5) is 2.41. The lowest BCUT2D eigenvalue weighted by molar-refractivity contribution is 0.240. The van der Waals surface area contributed by atoms with Gasteiger partial charge in [0.05, 0.1) is 0 Å². The molecule has 2 heteroatoms. The summed E-state index contributed by atoms with van der Waals surface area (Å²) >= 11 is 0. The molecule has 0 amide bonds. The summed E-state index contributed by atoms with van der Waals surface area (Å²) in [6.07, 6.45) is 4.92. The zero-order chi connectivity index (χ0) is 12.5. The quantitative estimate of drug-likeness (QED) is 0.701. The highest BCUT2D eigenvalue weighted by molar-refractivity contribution is 5.16. The van der Waals surface area contributed by atoms with Crippen LogP contribution in [0, 0.1) is 0 Å². The molecule has 0 saturated heterocycles. The van der Waals surface area contributed by atoms with Gasteiger partial charge in [0, 0.05) is 12.6 Å². The first-order valence-electron chi connectivity index (χ1n) is 6.72. The number of unbranched alkanes of at least 4 members (excludes halogenated alkanes) is 2. The van der Waals surface area contributed by atoms with Crippen LogP contribution in [0.25, 0.3) is 0 Å². The molecule has 0 bridgehead atoms. The van der Waals surface area contributed by atoms with Crippen LogP contribution in [0.5, 0.6) is 0 Å². The molecule has 0 spiro atoms. The summed E-state index contributed by atoms with van der Waals surface area (Å²) in [5.74, 6) is 0. The molecule has 0 fully saturated rings. The number of hydrogen-bond donors (Lipinski definition) is 1. The maximum absolute atomic E-state index is 5.88. The maximum atomic E-state index is 5.88. The van der Waals surface area contributed by atoms with E-state index in [4.69, 9.17) is 5.73 Å². The first kappa shape index (κ1) is 14.2. The molecule has 1 aromatic rings. The Bertz CT molecular complexity index is 284. The molecule has 0 radical (unpaired) electrons. The van der Waals surface area contributed by atoms with E-state index in [9.17, 15) is 0 Å². The molecule has 2 N–H and O–H groups in total. The molecule has 0 aliphatic heterocycles. The van der Waals surface area contributed by atoms with Crippen LogP contribution in [0.3, 0.4) is 0 Å². The van der Waals surface area contributed by atoms with Gasteiger partial charge in [-0.2, -0.15) is 0 Å². The minimum Gasteiger partial charge on any atom is -0.329 e. The normalized spacial score (nSPS) is 12.9. The molecule has 0 aliphatic carbocycles. The second kappa shape index (κ2) is 8.26. The van der Waals surface area contributed by atoms with E-state index in [1.807, 2.05) is 0 Å². The lowest BCUT2D eigenvalue weighted by atomic mass is 10.0. The van der Waals surface area contributed by atoms with E-state index in [1.54, 1.807) is 0 Å². The molecule has 17 heavy (non-hydrogen) atoms. The van der Waals surface area contributed by atoms with Crippen molar-refractivity contribution >= 4 is 0 Å². The van der Waals surface area contributed by atoms with E-state index in [2.05, 4.69) is 49.2 Å². The molecule has 1 atom stereocenters. The Morgan fingerprint density at radius 2 is 1.88 bits per heavy atom. The van der Waals surface area contributed by atoms with Crippen LogP contribution < -0.4 is 5.73 Å². The molecular weight excluding hydrogens is 208 g/mol. The van der Waals surface area contributed by atoms with Crippen molar-refractivity contribution < 1.29 is 0 Å². The van der Waals surface area contributed by atoms with Crippen LogP contribution >= 0.6 is 0 Å². The number of nitrogens with two attached hydrogens (primary N) is 1. The maximum Gasteiger partial charge on any atom is 0.0255 e. The predicted octanol–water partition coefficient (Wildman–Crippen LogP) is 2.68. The second-order valence-corrected chi connectivity index (χ2v) is 4.77. The third-order valence-electron chi connectivity index (χ3n) is 3.32. The van der Waals surface area contributed by atoms with Gasteiger partial charge in [-0.05, 0) is 32.0 Å². The average molecular weight is 234 g/mol. The van der Waals surface area contributed by atoms with Crippen LogP contribution in [-0.4, -0.2) is 31.1 Å². The molecule has 0 saturated carbocycles. The Hall–Kier alpha value is -0.860. The zero-order valence-corrected chi connectivity index (χ0v) is 11.2. The number of rotatable bonds is 8. The molecular formula is C15H26N2. The van der Waals surface area contributed by atoms with E-state index >= 15 is 0 Å². The molecule has 0 aromatic heterocycles. The fourth-order valence-electron chi connectivity index (χ4n) is 2.10. The van der Waals surface area contributed by atoms with Crippen LogP contribution in [-0.2, 0) is 6.42 Å². The van der Waals surface area contributed by atoms with E-state index in [-0.39, 0.29) is 0 Å². The van der Waals surface area contributed by atoms with E-state index < -0.39 is 0 Å². The molecule has 2 nitrogen and oxygen atoms in total. The lowest BCUT2D eigenvalue weighted by Crippen LogP contribution is -2.40. The zero-order valence-electron chi connectivity index (χ0n) is 11.2. The molecule has 1 rings (SSSR count). The van der Waals surface area contributed by atoms with Gasteiger partial charge in [-0.3, -0.25) is 0 Å². The first-order chi connectivity index (χ1) is 8.27. The second-order valence-electron chi connectivity index (χ2n) is 4.77. The van der Waals surface area contributed by atoms with Gasteiger partial charge in [0.2, 0.25) is 0 Å². The Morgan fingerprint density at radius 3 is 2.47 bits per heavy atom. The Kier molecular flexibility index (Phi) is 6.90. The number of benzene rings is 1. The van der Waals surface area contributed by atoms with Crippen LogP contribution in [0.2, 0.25) is 0 Å². The van der Waals surface area contributed by atoms with Crippen LogP contribution in [0.4, 0.5) is 0 Å². The summed E-state index contributed by atoms with van der Waals surface area (Å²) in [5, 5.41) is 0. The Labute approximate surface area is 106 Å². The van der Waals surface area contributed by atoms with Crippen LogP contribution in [0.1, 0.15) is 31.7 Å². The number of likely N-dealkylation sites (N-methyl/N-ethyl adjacent to an activating group) is 1. The third-order valence-corrected chi connectivity index (χ3v) is 3.32. The smallest absolute Gasteiger partial charge is 0.0255 e. The summed E-state index contributed by atoms with van der Waals surface area (Å²) in [5.41, 5.74) is 7.26. The van der Waals surface area contributed by atoms with E-state index in [0.717, 1.165) is 19.5 Å². The summed E-state index contributed by atoms with van der Waals surface area (Å²) in [7, 11) is 2.19. The van der Waals surface area contributed by atoms with Crippen LogP contribution in [0.15, 0.2) is 30.3 Å². The Morgan fingerprint density at radius 1 is 1.18 bits per heavy atom. The molecule has 0 aliphatic rings. The SMILES string of the molecule is CCCCCN(C)C(CN)Cc1ccccc1. The lowest BCUT2D eigenvalue weighted by Gasteiger charge is -2.27. The Balaban J connectivity index is 2.42. The van der Waals surface area contributed by atoms with Gasteiger partial charge in [-0.15, -0.1) is 0 Å². The fraction of sp³-hybridized carbons (Fsp3) is 0.600. The van der Waals surface area contributed by atoms with Crippen molar-refractivity contribution in [1.82, 2.24) is 4.90 Å². The van der Waals surface area contributed by atoms with Gasteiger partial charge in [0.15, 0.2) is 0 Å². The van der Waals surface area contributed by atoms with Gasteiger partial charge in [0.25, 0.3) is 0 Å².